The van der Waals surface area contributed by atoms with Crippen molar-refractivity contribution in [3.63, 3.8) is 0 Å². The lowest BCUT2D eigenvalue weighted by Crippen LogP contribution is -2.36. The monoisotopic (exact) mass is 443 g/mol. The Bertz CT molecular complexity index is 1300. The number of benzene rings is 2. The molecular weight excluding hydrogens is 418 g/mol. The van der Waals surface area contributed by atoms with Gasteiger partial charge in [0, 0.05) is 32.6 Å². The third-order valence-corrected chi connectivity index (χ3v) is 5.75. The largest absolute Gasteiger partial charge is 0.495 e. The Morgan fingerprint density at radius 1 is 1.18 bits per heavy atom. The molecule has 7 nitrogen and oxygen atoms in total. The Kier molecular flexibility index (Phi) is 6.18. The van der Waals surface area contributed by atoms with Crippen LogP contribution in [0.2, 0.25) is 0 Å². The van der Waals surface area contributed by atoms with Crippen LogP contribution in [0.5, 0.6) is 5.75 Å². The lowest BCUT2D eigenvalue weighted by atomic mass is 9.99. The lowest BCUT2D eigenvalue weighted by Gasteiger charge is -2.28. The summed E-state index contributed by atoms with van der Waals surface area (Å²) in [6.45, 7) is 1.16. The molecule has 2 heterocycles. The number of furan rings is 1. The van der Waals surface area contributed by atoms with Crippen LogP contribution in [0.15, 0.2) is 53.0 Å². The van der Waals surface area contributed by atoms with Gasteiger partial charge in [-0.15, -0.1) is 0 Å². The Morgan fingerprint density at radius 2 is 2.00 bits per heavy atom. The van der Waals surface area contributed by atoms with Gasteiger partial charge in [0.2, 0.25) is 5.91 Å². The highest BCUT2D eigenvalue weighted by atomic mass is 16.5. The minimum absolute atomic E-state index is 0.0120. The van der Waals surface area contributed by atoms with Crippen molar-refractivity contribution in [1.29, 1.82) is 5.26 Å². The zero-order valence-corrected chi connectivity index (χ0v) is 18.9. The van der Waals surface area contributed by atoms with Crippen LogP contribution in [-0.2, 0) is 11.2 Å². The number of hydrogen-bond donors (Lipinski definition) is 0. The number of amides is 2. The molecule has 33 heavy (non-hydrogen) atoms. The number of fused-ring (bicyclic) bond motifs is 1. The molecule has 0 saturated carbocycles. The number of rotatable bonds is 5. The fraction of sp³-hybridized carbons (Fsp3) is 0.269. The van der Waals surface area contributed by atoms with E-state index >= 15 is 0 Å². The first kappa shape index (κ1) is 22.2. The summed E-state index contributed by atoms with van der Waals surface area (Å²) in [5, 5.41) is 10.1. The van der Waals surface area contributed by atoms with Gasteiger partial charge < -0.3 is 19.0 Å². The SMILES string of the molecule is COc1ccc(CC(=O)N2CCC=C(c3ccc4oc(C(=O)N(C)C)cc4c3)C2)cc1C#N. The Balaban J connectivity index is 1.49. The highest BCUT2D eigenvalue weighted by molar-refractivity contribution is 5.96. The van der Waals surface area contributed by atoms with E-state index in [-0.39, 0.29) is 18.2 Å². The summed E-state index contributed by atoms with van der Waals surface area (Å²) in [4.78, 5) is 28.5. The number of nitriles is 1. The first-order chi connectivity index (χ1) is 15.9. The van der Waals surface area contributed by atoms with Gasteiger partial charge in [-0.3, -0.25) is 9.59 Å². The zero-order chi connectivity index (χ0) is 23.5. The van der Waals surface area contributed by atoms with E-state index in [4.69, 9.17) is 9.15 Å². The zero-order valence-electron chi connectivity index (χ0n) is 18.9. The minimum Gasteiger partial charge on any atom is -0.495 e. The highest BCUT2D eigenvalue weighted by Crippen LogP contribution is 2.28. The van der Waals surface area contributed by atoms with Crippen molar-refractivity contribution in [1.82, 2.24) is 9.80 Å². The Labute approximate surface area is 192 Å². The van der Waals surface area contributed by atoms with E-state index in [2.05, 4.69) is 12.1 Å². The van der Waals surface area contributed by atoms with Crippen LogP contribution in [0, 0.1) is 11.3 Å². The van der Waals surface area contributed by atoms with E-state index in [1.54, 1.807) is 32.3 Å². The number of nitrogens with zero attached hydrogens (tertiary/aromatic N) is 3. The van der Waals surface area contributed by atoms with E-state index in [0.29, 0.717) is 35.7 Å². The van der Waals surface area contributed by atoms with Gasteiger partial charge >= 0.3 is 0 Å². The molecule has 1 aliphatic rings. The standard InChI is InChI=1S/C26H25N3O4/c1-28(2)26(31)24-14-20-13-18(7-9-23(20)33-24)19-5-4-10-29(16-19)25(30)12-17-6-8-22(32-3)21(11-17)15-27/h5-9,11,13-14H,4,10,12,16H2,1-3H3. The molecule has 3 aromatic rings. The molecule has 1 aliphatic heterocycles. The van der Waals surface area contributed by atoms with Crippen LogP contribution in [0.3, 0.4) is 0 Å². The van der Waals surface area contributed by atoms with E-state index in [1.807, 2.05) is 29.2 Å². The average molecular weight is 444 g/mol. The highest BCUT2D eigenvalue weighted by Gasteiger charge is 2.21. The third kappa shape index (κ3) is 4.60. The van der Waals surface area contributed by atoms with E-state index in [9.17, 15) is 14.9 Å². The number of ether oxygens (including phenoxy) is 1. The predicted molar refractivity (Wildman–Crippen MR) is 125 cm³/mol. The predicted octanol–water partition coefficient (Wildman–Crippen LogP) is 3.87. The van der Waals surface area contributed by atoms with Gasteiger partial charge in [-0.1, -0.05) is 18.2 Å². The third-order valence-electron chi connectivity index (χ3n) is 5.75. The topological polar surface area (TPSA) is 86.8 Å². The number of hydrogen-bond acceptors (Lipinski definition) is 5. The summed E-state index contributed by atoms with van der Waals surface area (Å²) in [6.07, 6.45) is 3.14. The second-order valence-electron chi connectivity index (χ2n) is 8.22. The smallest absolute Gasteiger partial charge is 0.289 e. The fourth-order valence-electron chi connectivity index (χ4n) is 3.97. The second kappa shape index (κ2) is 9.21. The number of carbonyl (C=O) groups is 2. The van der Waals surface area contributed by atoms with Crippen molar-refractivity contribution < 1.29 is 18.7 Å². The Morgan fingerprint density at radius 3 is 2.73 bits per heavy atom. The molecule has 0 N–H and O–H groups in total. The van der Waals surface area contributed by atoms with Gasteiger partial charge in [-0.05, 0) is 53.5 Å². The molecule has 0 bridgehead atoms. The molecule has 0 fully saturated rings. The van der Waals surface area contributed by atoms with Gasteiger partial charge in [0.25, 0.3) is 5.91 Å². The van der Waals surface area contributed by atoms with E-state index in [1.165, 1.54) is 12.0 Å². The summed E-state index contributed by atoms with van der Waals surface area (Å²) in [5.74, 6) is 0.636. The van der Waals surface area contributed by atoms with E-state index < -0.39 is 0 Å². The van der Waals surface area contributed by atoms with Crippen molar-refractivity contribution in [2.75, 3.05) is 34.3 Å². The molecule has 2 aromatic carbocycles. The minimum atomic E-state index is -0.181. The van der Waals surface area contributed by atoms with Gasteiger partial charge in [-0.2, -0.15) is 5.26 Å². The molecule has 0 unspecified atom stereocenters. The van der Waals surface area contributed by atoms with Crippen molar-refractivity contribution in [2.24, 2.45) is 0 Å². The summed E-state index contributed by atoms with van der Waals surface area (Å²) in [6, 6.07) is 14.9. The van der Waals surface area contributed by atoms with Crippen LogP contribution >= 0.6 is 0 Å². The maximum absolute atomic E-state index is 13.0. The number of methoxy groups -OCH3 is 1. The second-order valence-corrected chi connectivity index (χ2v) is 8.22. The molecule has 168 valence electrons. The van der Waals surface area contributed by atoms with Crippen molar-refractivity contribution in [2.45, 2.75) is 12.8 Å². The van der Waals surface area contributed by atoms with E-state index in [0.717, 1.165) is 28.5 Å². The van der Waals surface area contributed by atoms with Crippen LogP contribution < -0.4 is 4.74 Å². The molecule has 7 heteroatoms. The van der Waals surface area contributed by atoms with Crippen LogP contribution in [0.4, 0.5) is 0 Å². The molecule has 0 aliphatic carbocycles. The Hall–Kier alpha value is -4.05. The maximum atomic E-state index is 13.0. The maximum Gasteiger partial charge on any atom is 0.289 e. The summed E-state index contributed by atoms with van der Waals surface area (Å²) in [5.41, 5.74) is 3.92. The molecule has 0 atom stereocenters. The first-order valence-corrected chi connectivity index (χ1v) is 10.7. The van der Waals surface area contributed by atoms with Crippen LogP contribution in [-0.4, -0.2) is 55.9 Å². The molecule has 4 rings (SSSR count). The first-order valence-electron chi connectivity index (χ1n) is 10.7. The van der Waals surface area contributed by atoms with Gasteiger partial charge in [0.1, 0.15) is 17.4 Å². The molecule has 0 saturated heterocycles. The van der Waals surface area contributed by atoms with Crippen molar-refractivity contribution >= 4 is 28.4 Å². The summed E-state index contributed by atoms with van der Waals surface area (Å²) >= 11 is 0. The van der Waals surface area contributed by atoms with Gasteiger partial charge in [0.15, 0.2) is 5.76 Å². The number of carbonyl (C=O) groups excluding carboxylic acids is 2. The fourth-order valence-corrected chi connectivity index (χ4v) is 3.97. The molecular formula is C26H25N3O4. The quantitative estimate of drug-likeness (QED) is 0.597. The molecule has 1 aromatic heterocycles. The van der Waals surface area contributed by atoms with Crippen molar-refractivity contribution in [3.8, 4) is 11.8 Å². The summed E-state index contributed by atoms with van der Waals surface area (Å²) < 4.78 is 10.9. The van der Waals surface area contributed by atoms with Gasteiger partial charge in [-0.25, -0.2) is 0 Å². The summed E-state index contributed by atoms with van der Waals surface area (Å²) in [7, 11) is 4.89. The van der Waals surface area contributed by atoms with Gasteiger partial charge in [0.05, 0.1) is 19.1 Å². The molecule has 0 radical (unpaired) electrons. The lowest BCUT2D eigenvalue weighted by molar-refractivity contribution is -0.129. The van der Waals surface area contributed by atoms with Crippen LogP contribution in [0.1, 0.15) is 33.7 Å². The molecule has 0 spiro atoms. The molecule has 2 amide bonds. The normalized spacial score (nSPS) is 13.4. The van der Waals surface area contributed by atoms with Crippen LogP contribution in [0.25, 0.3) is 16.5 Å². The van der Waals surface area contributed by atoms with Crippen molar-refractivity contribution in [3.05, 3.63) is 71.0 Å². The average Bonchev–Trinajstić information content (AvgIpc) is 3.26.